The maximum atomic E-state index is 10.4. The van der Waals surface area contributed by atoms with Crippen molar-refractivity contribution in [2.24, 2.45) is 5.73 Å². The van der Waals surface area contributed by atoms with Crippen molar-refractivity contribution < 1.29 is 9.90 Å². The molecule has 0 aliphatic carbocycles. The van der Waals surface area contributed by atoms with Crippen molar-refractivity contribution in [3.05, 3.63) is 127 Å². The summed E-state index contributed by atoms with van der Waals surface area (Å²) in [5, 5.41) is 13.0. The van der Waals surface area contributed by atoms with Crippen molar-refractivity contribution >= 4 is 29.1 Å². The Balaban J connectivity index is 0.000000241. The molecule has 0 saturated carbocycles. The highest BCUT2D eigenvalue weighted by atomic mass is 31.2. The van der Waals surface area contributed by atoms with Crippen LogP contribution in [0, 0.1) is 0 Å². The number of carbonyl (C=O) groups is 1. The quantitative estimate of drug-likeness (QED) is 0.312. The molecule has 0 aliphatic heterocycles. The topological polar surface area (TPSA) is 63.3 Å². The van der Waals surface area contributed by atoms with Gasteiger partial charge in [-0.25, -0.2) is 0 Å². The molecule has 35 heavy (non-hydrogen) atoms. The van der Waals surface area contributed by atoms with Crippen LogP contribution >= 0.6 is 7.26 Å². The molecule has 3 nitrogen and oxygen atoms in total. The van der Waals surface area contributed by atoms with E-state index in [0.29, 0.717) is 6.42 Å². The van der Waals surface area contributed by atoms with Gasteiger partial charge in [-0.05, 0) is 54.8 Å². The minimum atomic E-state index is -1.57. The minimum absolute atomic E-state index is 0.385. The lowest BCUT2D eigenvalue weighted by atomic mass is 10.1. The summed E-state index contributed by atoms with van der Waals surface area (Å²) in [7, 11) is -1.57. The summed E-state index contributed by atoms with van der Waals surface area (Å²) in [6.45, 7) is 2.29. The van der Waals surface area contributed by atoms with Crippen LogP contribution in [0.1, 0.15) is 25.3 Å². The molecule has 3 N–H and O–H groups in total. The largest absolute Gasteiger partial charge is 0.480 e. The summed E-state index contributed by atoms with van der Waals surface area (Å²) in [6.07, 6.45) is 4.11. The first-order valence-electron chi connectivity index (χ1n) is 12.1. The van der Waals surface area contributed by atoms with Gasteiger partial charge in [-0.15, -0.1) is 0 Å². The number of aliphatic carboxylic acids is 1. The van der Waals surface area contributed by atoms with E-state index in [1.54, 1.807) is 0 Å². The molecule has 4 heteroatoms. The maximum absolute atomic E-state index is 10.4. The van der Waals surface area contributed by atoms with Crippen LogP contribution in [-0.4, -0.2) is 23.3 Å². The molecule has 0 aromatic heterocycles. The molecule has 1 atom stereocenters. The first-order chi connectivity index (χ1) is 17.1. The zero-order chi connectivity index (χ0) is 24.9. The number of unbranched alkanes of at least 4 members (excludes halogenated alkanes) is 1. The Bertz CT molecular complexity index is 1040. The lowest BCUT2D eigenvalue weighted by Crippen LogP contribution is -2.33. The molecule has 0 saturated heterocycles. The Morgan fingerprint density at radius 2 is 1.09 bits per heavy atom. The molecule has 1 unspecified atom stereocenters. The molecule has 4 rings (SSSR count). The second kappa shape index (κ2) is 13.6. The highest BCUT2D eigenvalue weighted by Gasteiger charge is 2.44. The van der Waals surface area contributed by atoms with Crippen molar-refractivity contribution in [2.75, 3.05) is 6.16 Å². The number of hydrogen-bond acceptors (Lipinski definition) is 2. The van der Waals surface area contributed by atoms with E-state index in [1.807, 2.05) is 30.3 Å². The first-order valence-corrected chi connectivity index (χ1v) is 14.1. The van der Waals surface area contributed by atoms with Gasteiger partial charge in [0, 0.05) is 0 Å². The van der Waals surface area contributed by atoms with Crippen LogP contribution in [-0.2, 0) is 11.2 Å². The fraction of sp³-hybridized carbons (Fsp3) is 0.194. The van der Waals surface area contributed by atoms with Crippen molar-refractivity contribution in [2.45, 2.75) is 32.2 Å². The summed E-state index contributed by atoms with van der Waals surface area (Å²) in [5.41, 5.74) is 6.30. The van der Waals surface area contributed by atoms with Crippen LogP contribution in [0.4, 0.5) is 0 Å². The van der Waals surface area contributed by atoms with Gasteiger partial charge in [-0.3, -0.25) is 4.79 Å². The zero-order valence-corrected chi connectivity index (χ0v) is 21.2. The third-order valence-electron chi connectivity index (χ3n) is 6.05. The molecule has 4 aromatic carbocycles. The second-order valence-electron chi connectivity index (χ2n) is 8.53. The SMILES string of the molecule is CCCC[P+](c1ccccc1)(c1ccccc1)c1ccccc1.NC(Cc1ccccc1)C(=O)O. The smallest absolute Gasteiger partial charge is 0.320 e. The van der Waals surface area contributed by atoms with Crippen molar-refractivity contribution in [3.8, 4) is 0 Å². The molecule has 180 valence electrons. The van der Waals surface area contributed by atoms with Crippen LogP contribution in [0.15, 0.2) is 121 Å². The first kappa shape index (κ1) is 26.3. The Kier molecular flexibility index (Phi) is 10.2. The van der Waals surface area contributed by atoms with Crippen LogP contribution < -0.4 is 21.6 Å². The van der Waals surface area contributed by atoms with E-state index in [2.05, 4.69) is 97.9 Å². The summed E-state index contributed by atoms with van der Waals surface area (Å²) in [4.78, 5) is 10.4. The summed E-state index contributed by atoms with van der Waals surface area (Å²) in [6, 6.07) is 41.9. The number of rotatable bonds is 9. The van der Waals surface area contributed by atoms with Gasteiger partial charge in [-0.1, -0.05) is 98.3 Å². The van der Waals surface area contributed by atoms with Crippen LogP contribution in [0.3, 0.4) is 0 Å². The fourth-order valence-corrected chi connectivity index (χ4v) is 8.74. The van der Waals surface area contributed by atoms with Gasteiger partial charge >= 0.3 is 5.97 Å². The summed E-state index contributed by atoms with van der Waals surface area (Å²) < 4.78 is 0. The van der Waals surface area contributed by atoms with Crippen LogP contribution in [0.25, 0.3) is 0 Å². The summed E-state index contributed by atoms with van der Waals surface area (Å²) >= 11 is 0. The zero-order valence-electron chi connectivity index (χ0n) is 20.3. The Morgan fingerprint density at radius 1 is 0.714 bits per heavy atom. The average molecular weight is 485 g/mol. The molecule has 0 radical (unpaired) electrons. The van der Waals surface area contributed by atoms with Gasteiger partial charge < -0.3 is 10.8 Å². The van der Waals surface area contributed by atoms with E-state index in [9.17, 15) is 4.79 Å². The molecule has 0 amide bonds. The maximum Gasteiger partial charge on any atom is 0.320 e. The van der Waals surface area contributed by atoms with E-state index in [1.165, 1.54) is 34.9 Å². The van der Waals surface area contributed by atoms with Gasteiger partial charge in [0.25, 0.3) is 0 Å². The molecule has 0 heterocycles. The Morgan fingerprint density at radius 3 is 1.43 bits per heavy atom. The summed E-state index contributed by atoms with van der Waals surface area (Å²) in [5.74, 6) is -0.959. The second-order valence-corrected chi connectivity index (χ2v) is 12.1. The molecular formula is C31H35NO2P+. The Hall–Kier alpha value is -3.26. The van der Waals surface area contributed by atoms with Gasteiger partial charge in [0.05, 0.1) is 6.16 Å². The lowest BCUT2D eigenvalue weighted by Gasteiger charge is -2.27. The van der Waals surface area contributed by atoms with E-state index in [0.717, 1.165) is 5.56 Å². The van der Waals surface area contributed by atoms with E-state index in [-0.39, 0.29) is 0 Å². The van der Waals surface area contributed by atoms with E-state index in [4.69, 9.17) is 10.8 Å². The predicted molar refractivity (Wildman–Crippen MR) is 151 cm³/mol. The van der Waals surface area contributed by atoms with Crippen molar-refractivity contribution in [1.29, 1.82) is 0 Å². The molecule has 0 aliphatic rings. The minimum Gasteiger partial charge on any atom is -0.480 e. The normalized spacial score (nSPS) is 11.7. The van der Waals surface area contributed by atoms with Gasteiger partial charge in [0.15, 0.2) is 0 Å². The average Bonchev–Trinajstić information content (AvgIpc) is 2.92. The van der Waals surface area contributed by atoms with E-state index < -0.39 is 19.3 Å². The predicted octanol–water partition coefficient (Wildman–Crippen LogP) is 5.42. The molecule has 4 aromatic rings. The van der Waals surface area contributed by atoms with Crippen molar-refractivity contribution in [1.82, 2.24) is 0 Å². The van der Waals surface area contributed by atoms with Gasteiger partial charge in [0.1, 0.15) is 29.2 Å². The van der Waals surface area contributed by atoms with Gasteiger partial charge in [0.2, 0.25) is 0 Å². The Labute approximate surface area is 210 Å². The third kappa shape index (κ3) is 7.11. The monoisotopic (exact) mass is 484 g/mol. The molecular weight excluding hydrogens is 449 g/mol. The number of nitrogens with two attached hydrogens (primary N) is 1. The standard InChI is InChI=1S/C22H24P.C9H11NO2/c1-2-3-19-23(20-13-7-4-8-14-20,21-15-9-5-10-16-21)22-17-11-6-12-18-22;10-8(9(11)12)6-7-4-2-1-3-5-7/h4-18H,2-3,19H2,1H3;1-5,8H,6,10H2,(H,11,12)/q+1;. The van der Waals surface area contributed by atoms with E-state index >= 15 is 0 Å². The lowest BCUT2D eigenvalue weighted by molar-refractivity contribution is -0.138. The number of hydrogen-bond donors (Lipinski definition) is 2. The van der Waals surface area contributed by atoms with Crippen LogP contribution in [0.2, 0.25) is 0 Å². The highest BCUT2D eigenvalue weighted by molar-refractivity contribution is 7.95. The fourth-order valence-electron chi connectivity index (χ4n) is 4.23. The van der Waals surface area contributed by atoms with Crippen LogP contribution in [0.5, 0.6) is 0 Å². The highest BCUT2D eigenvalue weighted by Crippen LogP contribution is 2.55. The molecule has 0 bridgehead atoms. The third-order valence-corrected chi connectivity index (χ3v) is 10.6. The number of benzene rings is 4. The number of carboxylic acid groups (broad SMARTS) is 1. The van der Waals surface area contributed by atoms with Crippen molar-refractivity contribution in [3.63, 3.8) is 0 Å². The molecule has 0 spiro atoms. The number of carboxylic acids is 1. The molecule has 0 fully saturated rings. The van der Waals surface area contributed by atoms with Gasteiger partial charge in [-0.2, -0.15) is 0 Å².